The summed E-state index contributed by atoms with van der Waals surface area (Å²) in [4.78, 5) is 14.0. The van der Waals surface area contributed by atoms with Gasteiger partial charge in [-0.15, -0.1) is 0 Å². The van der Waals surface area contributed by atoms with Crippen molar-refractivity contribution in [2.75, 3.05) is 13.1 Å². The van der Waals surface area contributed by atoms with Crippen LogP contribution in [-0.2, 0) is 4.74 Å². The first-order chi connectivity index (χ1) is 9.35. The van der Waals surface area contributed by atoms with Crippen LogP contribution in [0.15, 0.2) is 23.9 Å². The molecule has 1 saturated heterocycles. The molecular formula is C16H26N2O2. The number of carbonyl (C=O) groups is 1. The second-order valence-electron chi connectivity index (χ2n) is 6.79. The molecule has 0 aromatic heterocycles. The van der Waals surface area contributed by atoms with Gasteiger partial charge in [-0.1, -0.05) is 12.2 Å². The van der Waals surface area contributed by atoms with E-state index in [1.165, 1.54) is 6.42 Å². The number of piperidine rings is 1. The van der Waals surface area contributed by atoms with Gasteiger partial charge >= 0.3 is 6.09 Å². The van der Waals surface area contributed by atoms with E-state index in [-0.39, 0.29) is 6.09 Å². The Balaban J connectivity index is 1.92. The number of nitrogens with zero attached hydrogens (tertiary/aromatic N) is 1. The molecule has 112 valence electrons. The molecule has 1 aliphatic heterocycles. The maximum absolute atomic E-state index is 12.1. The Hall–Kier alpha value is -1.45. The Kier molecular flexibility index (Phi) is 4.41. The van der Waals surface area contributed by atoms with Crippen molar-refractivity contribution in [3.63, 3.8) is 0 Å². The van der Waals surface area contributed by atoms with Crippen LogP contribution in [-0.4, -0.2) is 29.7 Å². The van der Waals surface area contributed by atoms with Gasteiger partial charge in [0.2, 0.25) is 0 Å². The third-order valence-electron chi connectivity index (χ3n) is 3.88. The van der Waals surface area contributed by atoms with Gasteiger partial charge in [0, 0.05) is 18.8 Å². The first-order valence-corrected chi connectivity index (χ1v) is 7.47. The first kappa shape index (κ1) is 14.9. The van der Waals surface area contributed by atoms with Crippen molar-refractivity contribution in [1.82, 2.24) is 4.90 Å². The molecule has 1 unspecified atom stereocenters. The average Bonchev–Trinajstić information content (AvgIpc) is 2.38. The summed E-state index contributed by atoms with van der Waals surface area (Å²) in [7, 11) is 0. The number of likely N-dealkylation sites (tertiary alicyclic amines) is 1. The predicted molar refractivity (Wildman–Crippen MR) is 80.0 cm³/mol. The van der Waals surface area contributed by atoms with Crippen LogP contribution in [0.4, 0.5) is 4.79 Å². The van der Waals surface area contributed by atoms with Crippen molar-refractivity contribution in [1.29, 1.82) is 0 Å². The van der Waals surface area contributed by atoms with Gasteiger partial charge in [0.15, 0.2) is 0 Å². The maximum Gasteiger partial charge on any atom is 0.410 e. The fraction of sp³-hybridized carbons (Fsp3) is 0.688. The minimum Gasteiger partial charge on any atom is -0.444 e. The van der Waals surface area contributed by atoms with Gasteiger partial charge in [0.1, 0.15) is 5.60 Å². The lowest BCUT2D eigenvalue weighted by molar-refractivity contribution is 0.0143. The molecule has 4 nitrogen and oxygen atoms in total. The SMILES string of the molecule is CC(C)(C)OC(=O)N1CCC[C@@H](C2C=CC(N)=CC2)C1. The minimum atomic E-state index is -0.425. The highest BCUT2D eigenvalue weighted by molar-refractivity contribution is 5.68. The third kappa shape index (κ3) is 4.02. The fourth-order valence-corrected chi connectivity index (χ4v) is 2.85. The summed E-state index contributed by atoms with van der Waals surface area (Å²) in [5.74, 6) is 1.00. The second-order valence-corrected chi connectivity index (χ2v) is 6.79. The molecule has 1 aliphatic carbocycles. The van der Waals surface area contributed by atoms with Crippen molar-refractivity contribution in [3.8, 4) is 0 Å². The molecule has 2 aliphatic rings. The van der Waals surface area contributed by atoms with Crippen molar-refractivity contribution >= 4 is 6.09 Å². The highest BCUT2D eigenvalue weighted by atomic mass is 16.6. The normalized spacial score (nSPS) is 27.1. The highest BCUT2D eigenvalue weighted by Crippen LogP contribution is 2.30. The number of carbonyl (C=O) groups excluding carboxylic acids is 1. The summed E-state index contributed by atoms with van der Waals surface area (Å²) in [6, 6.07) is 0. The molecule has 2 rings (SSSR count). The van der Waals surface area contributed by atoms with Crippen LogP contribution in [0.5, 0.6) is 0 Å². The summed E-state index contributed by atoms with van der Waals surface area (Å²) in [5, 5.41) is 0. The third-order valence-corrected chi connectivity index (χ3v) is 3.88. The van der Waals surface area contributed by atoms with Crippen molar-refractivity contribution in [2.24, 2.45) is 17.6 Å². The van der Waals surface area contributed by atoms with Gasteiger partial charge in [-0.05, 0) is 57.9 Å². The zero-order chi connectivity index (χ0) is 14.8. The molecule has 0 bridgehead atoms. The Morgan fingerprint density at radius 3 is 2.80 bits per heavy atom. The largest absolute Gasteiger partial charge is 0.444 e. The number of amides is 1. The van der Waals surface area contributed by atoms with Gasteiger partial charge in [-0.2, -0.15) is 0 Å². The van der Waals surface area contributed by atoms with E-state index in [4.69, 9.17) is 10.5 Å². The molecule has 20 heavy (non-hydrogen) atoms. The van der Waals surface area contributed by atoms with E-state index < -0.39 is 5.60 Å². The smallest absolute Gasteiger partial charge is 0.410 e. The number of allylic oxidation sites excluding steroid dienone is 3. The minimum absolute atomic E-state index is 0.183. The summed E-state index contributed by atoms with van der Waals surface area (Å²) < 4.78 is 5.47. The van der Waals surface area contributed by atoms with E-state index in [9.17, 15) is 4.79 Å². The van der Waals surface area contributed by atoms with Crippen molar-refractivity contribution in [3.05, 3.63) is 23.9 Å². The fourth-order valence-electron chi connectivity index (χ4n) is 2.85. The molecule has 2 N–H and O–H groups in total. The first-order valence-electron chi connectivity index (χ1n) is 7.47. The lowest BCUT2D eigenvalue weighted by Crippen LogP contribution is -2.44. The second kappa shape index (κ2) is 5.90. The topological polar surface area (TPSA) is 55.6 Å². The lowest BCUT2D eigenvalue weighted by atomic mass is 9.81. The van der Waals surface area contributed by atoms with E-state index >= 15 is 0 Å². The van der Waals surface area contributed by atoms with E-state index in [1.54, 1.807) is 0 Å². The molecule has 1 fully saturated rings. The van der Waals surface area contributed by atoms with E-state index in [0.717, 1.165) is 31.6 Å². The van der Waals surface area contributed by atoms with Crippen LogP contribution in [0.3, 0.4) is 0 Å². The highest BCUT2D eigenvalue weighted by Gasteiger charge is 2.30. The molecule has 0 radical (unpaired) electrons. The number of nitrogens with two attached hydrogens (primary N) is 1. The lowest BCUT2D eigenvalue weighted by Gasteiger charge is -2.37. The average molecular weight is 278 g/mol. The summed E-state index contributed by atoms with van der Waals surface area (Å²) >= 11 is 0. The number of hydrogen-bond acceptors (Lipinski definition) is 3. The number of hydrogen-bond donors (Lipinski definition) is 1. The van der Waals surface area contributed by atoms with E-state index in [0.29, 0.717) is 11.8 Å². The zero-order valence-electron chi connectivity index (χ0n) is 12.8. The zero-order valence-corrected chi connectivity index (χ0v) is 12.8. The molecule has 0 saturated carbocycles. The molecule has 1 amide bonds. The van der Waals surface area contributed by atoms with Gasteiger partial charge in [-0.3, -0.25) is 0 Å². The number of rotatable bonds is 1. The Morgan fingerprint density at radius 1 is 1.45 bits per heavy atom. The van der Waals surface area contributed by atoms with Crippen LogP contribution in [0.1, 0.15) is 40.0 Å². The summed E-state index contributed by atoms with van der Waals surface area (Å²) in [5.41, 5.74) is 6.18. The van der Waals surface area contributed by atoms with Gasteiger partial charge in [0.05, 0.1) is 0 Å². The summed E-state index contributed by atoms with van der Waals surface area (Å²) in [6.45, 7) is 7.31. The van der Waals surface area contributed by atoms with Gasteiger partial charge < -0.3 is 15.4 Å². The molecule has 4 heteroatoms. The van der Waals surface area contributed by atoms with Crippen LogP contribution < -0.4 is 5.73 Å². The molecular weight excluding hydrogens is 252 g/mol. The Bertz CT molecular complexity index is 421. The quantitative estimate of drug-likeness (QED) is 0.802. The molecule has 0 aromatic carbocycles. The molecule has 0 spiro atoms. The monoisotopic (exact) mass is 278 g/mol. The summed E-state index contributed by atoms with van der Waals surface area (Å²) in [6.07, 6.45) is 9.28. The van der Waals surface area contributed by atoms with Gasteiger partial charge in [0.25, 0.3) is 0 Å². The predicted octanol–water partition coefficient (Wildman–Crippen LogP) is 3.05. The molecule has 2 atom stereocenters. The van der Waals surface area contributed by atoms with Crippen LogP contribution >= 0.6 is 0 Å². The van der Waals surface area contributed by atoms with E-state index in [2.05, 4.69) is 12.2 Å². The van der Waals surface area contributed by atoms with Crippen molar-refractivity contribution in [2.45, 2.75) is 45.6 Å². The molecule has 1 heterocycles. The van der Waals surface area contributed by atoms with Crippen molar-refractivity contribution < 1.29 is 9.53 Å². The Morgan fingerprint density at radius 2 is 2.20 bits per heavy atom. The van der Waals surface area contributed by atoms with E-state index in [1.807, 2.05) is 31.7 Å². The Labute approximate surface area is 121 Å². The van der Waals surface area contributed by atoms with Crippen LogP contribution in [0, 0.1) is 11.8 Å². The van der Waals surface area contributed by atoms with Crippen LogP contribution in [0.2, 0.25) is 0 Å². The maximum atomic E-state index is 12.1. The number of ether oxygens (including phenoxy) is 1. The standard InChI is InChI=1S/C16H26N2O2/c1-16(2,3)20-15(19)18-10-4-5-13(11-18)12-6-8-14(17)9-7-12/h6,8-9,12-13H,4-5,7,10-11,17H2,1-3H3/t12?,13-/m1/s1. The van der Waals surface area contributed by atoms with Gasteiger partial charge in [-0.25, -0.2) is 4.79 Å². The molecule has 0 aromatic rings. The van der Waals surface area contributed by atoms with Crippen LogP contribution in [0.25, 0.3) is 0 Å².